The topological polar surface area (TPSA) is 120 Å². The van der Waals surface area contributed by atoms with Gasteiger partial charge < -0.3 is 20.1 Å². The summed E-state index contributed by atoms with van der Waals surface area (Å²) in [6.45, 7) is 0. The van der Waals surface area contributed by atoms with Crippen LogP contribution >= 0.6 is 0 Å². The van der Waals surface area contributed by atoms with Crippen molar-refractivity contribution in [1.82, 2.24) is 15.3 Å². The van der Waals surface area contributed by atoms with E-state index in [1.165, 1.54) is 12.4 Å². The standard InChI is InChI=1S/C17H20N4O5S/c1-25-12-3-4-13(15(7-12)26-2)21-16-9-18-14(8-19-16)17(22)20-11-5-6-27(23,24)10-11/h3-4,7-9,11H,5-6,10H2,1-2H3,(H,19,21)(H,20,22). The second-order valence-electron chi connectivity index (χ2n) is 6.05. The van der Waals surface area contributed by atoms with Gasteiger partial charge in [0.15, 0.2) is 9.84 Å². The number of nitrogens with zero attached hydrogens (tertiary/aromatic N) is 2. The molecular weight excluding hydrogens is 372 g/mol. The van der Waals surface area contributed by atoms with Crippen LogP contribution in [0.1, 0.15) is 16.9 Å². The van der Waals surface area contributed by atoms with Crippen LogP contribution in [-0.2, 0) is 9.84 Å². The Morgan fingerprint density at radius 1 is 1.19 bits per heavy atom. The lowest BCUT2D eigenvalue weighted by molar-refractivity contribution is 0.0935. The number of nitrogens with one attached hydrogen (secondary N) is 2. The highest BCUT2D eigenvalue weighted by Gasteiger charge is 2.29. The Labute approximate surface area is 157 Å². The van der Waals surface area contributed by atoms with Crippen molar-refractivity contribution >= 4 is 27.2 Å². The molecule has 1 aromatic carbocycles. The van der Waals surface area contributed by atoms with Gasteiger partial charge in [0.05, 0.1) is 43.8 Å². The number of anilines is 2. The number of hydrogen-bond acceptors (Lipinski definition) is 8. The average molecular weight is 392 g/mol. The molecule has 1 aliphatic rings. The number of sulfone groups is 1. The van der Waals surface area contributed by atoms with E-state index in [1.54, 1.807) is 32.4 Å². The fourth-order valence-electron chi connectivity index (χ4n) is 2.72. The highest BCUT2D eigenvalue weighted by molar-refractivity contribution is 7.91. The molecule has 1 amide bonds. The molecule has 0 spiro atoms. The Kier molecular flexibility index (Phi) is 5.45. The normalized spacial score (nSPS) is 17.9. The minimum absolute atomic E-state index is 0.0386. The molecule has 144 valence electrons. The number of amides is 1. The highest BCUT2D eigenvalue weighted by atomic mass is 32.2. The van der Waals surface area contributed by atoms with Gasteiger partial charge in [-0.15, -0.1) is 0 Å². The second-order valence-corrected chi connectivity index (χ2v) is 8.28. The first kappa shape index (κ1) is 18.9. The summed E-state index contributed by atoms with van der Waals surface area (Å²) < 4.78 is 33.4. The fourth-order valence-corrected chi connectivity index (χ4v) is 4.39. The van der Waals surface area contributed by atoms with E-state index in [0.717, 1.165) is 0 Å². The minimum atomic E-state index is -3.06. The summed E-state index contributed by atoms with van der Waals surface area (Å²) in [4.78, 5) is 20.5. The molecule has 9 nitrogen and oxygen atoms in total. The number of ether oxygens (including phenoxy) is 2. The molecule has 0 saturated carbocycles. The molecule has 10 heteroatoms. The van der Waals surface area contributed by atoms with Crippen LogP contribution in [0, 0.1) is 0 Å². The van der Waals surface area contributed by atoms with E-state index in [-0.39, 0.29) is 23.2 Å². The third-order valence-electron chi connectivity index (χ3n) is 4.12. The van der Waals surface area contributed by atoms with Crippen molar-refractivity contribution in [2.24, 2.45) is 0 Å². The Hall–Kier alpha value is -2.88. The van der Waals surface area contributed by atoms with E-state index in [9.17, 15) is 13.2 Å². The fraction of sp³-hybridized carbons (Fsp3) is 0.353. The van der Waals surface area contributed by atoms with E-state index in [1.807, 2.05) is 0 Å². The van der Waals surface area contributed by atoms with Gasteiger partial charge in [0.25, 0.3) is 5.91 Å². The molecule has 0 aliphatic carbocycles. The number of rotatable bonds is 6. The molecule has 2 N–H and O–H groups in total. The Morgan fingerprint density at radius 2 is 2.00 bits per heavy atom. The van der Waals surface area contributed by atoms with Crippen molar-refractivity contribution in [1.29, 1.82) is 0 Å². The summed E-state index contributed by atoms with van der Waals surface area (Å²) in [5.41, 5.74) is 0.785. The molecule has 0 bridgehead atoms. The summed E-state index contributed by atoms with van der Waals surface area (Å²) in [6, 6.07) is 4.90. The van der Waals surface area contributed by atoms with E-state index in [0.29, 0.717) is 29.4 Å². The quantitative estimate of drug-likeness (QED) is 0.751. The number of carbonyl (C=O) groups excluding carboxylic acids is 1. The SMILES string of the molecule is COc1ccc(Nc2cnc(C(=O)NC3CCS(=O)(=O)C3)cn2)c(OC)c1. The zero-order valence-electron chi connectivity index (χ0n) is 14.9. The van der Waals surface area contributed by atoms with Gasteiger partial charge in [0, 0.05) is 12.1 Å². The summed E-state index contributed by atoms with van der Waals surface area (Å²) >= 11 is 0. The van der Waals surface area contributed by atoms with Crippen LogP contribution in [0.15, 0.2) is 30.6 Å². The number of methoxy groups -OCH3 is 2. The zero-order valence-corrected chi connectivity index (χ0v) is 15.7. The molecule has 1 saturated heterocycles. The molecule has 3 rings (SSSR count). The summed E-state index contributed by atoms with van der Waals surface area (Å²) in [6.07, 6.45) is 3.17. The average Bonchev–Trinajstić information content (AvgIpc) is 3.00. The number of hydrogen-bond donors (Lipinski definition) is 2. The molecule has 1 aromatic heterocycles. The van der Waals surface area contributed by atoms with Gasteiger partial charge in [-0.05, 0) is 18.6 Å². The largest absolute Gasteiger partial charge is 0.497 e. The van der Waals surface area contributed by atoms with Crippen molar-refractivity contribution in [3.8, 4) is 11.5 Å². The van der Waals surface area contributed by atoms with Crippen molar-refractivity contribution in [2.75, 3.05) is 31.0 Å². The monoisotopic (exact) mass is 392 g/mol. The maximum atomic E-state index is 12.2. The first-order chi connectivity index (χ1) is 12.9. The van der Waals surface area contributed by atoms with Crippen molar-refractivity contribution in [3.05, 3.63) is 36.3 Å². The molecule has 27 heavy (non-hydrogen) atoms. The van der Waals surface area contributed by atoms with Crippen molar-refractivity contribution in [3.63, 3.8) is 0 Å². The van der Waals surface area contributed by atoms with E-state index in [4.69, 9.17) is 9.47 Å². The van der Waals surface area contributed by atoms with Crippen LogP contribution in [0.25, 0.3) is 0 Å². The summed E-state index contributed by atoms with van der Waals surface area (Å²) in [7, 11) is 0.0537. The maximum absolute atomic E-state index is 12.2. The van der Waals surface area contributed by atoms with Crippen molar-refractivity contribution in [2.45, 2.75) is 12.5 Å². The van der Waals surface area contributed by atoms with Crippen LogP contribution < -0.4 is 20.1 Å². The molecule has 1 unspecified atom stereocenters. The predicted molar refractivity (Wildman–Crippen MR) is 99.4 cm³/mol. The zero-order chi connectivity index (χ0) is 19.4. The lowest BCUT2D eigenvalue weighted by atomic mass is 10.2. The molecule has 1 atom stereocenters. The van der Waals surface area contributed by atoms with Gasteiger partial charge in [0.2, 0.25) is 0 Å². The van der Waals surface area contributed by atoms with Gasteiger partial charge >= 0.3 is 0 Å². The summed E-state index contributed by atoms with van der Waals surface area (Å²) in [5.74, 6) is 1.26. The van der Waals surface area contributed by atoms with E-state index < -0.39 is 15.7 Å². The maximum Gasteiger partial charge on any atom is 0.271 e. The van der Waals surface area contributed by atoms with Gasteiger partial charge in [-0.3, -0.25) is 4.79 Å². The van der Waals surface area contributed by atoms with Crippen LogP contribution in [0.3, 0.4) is 0 Å². The number of benzene rings is 1. The smallest absolute Gasteiger partial charge is 0.271 e. The van der Waals surface area contributed by atoms with Crippen molar-refractivity contribution < 1.29 is 22.7 Å². The van der Waals surface area contributed by atoms with Gasteiger partial charge in [-0.25, -0.2) is 18.4 Å². The molecule has 0 radical (unpaired) electrons. The van der Waals surface area contributed by atoms with E-state index >= 15 is 0 Å². The minimum Gasteiger partial charge on any atom is -0.497 e. The lowest BCUT2D eigenvalue weighted by Crippen LogP contribution is -2.36. The van der Waals surface area contributed by atoms with Crippen LogP contribution in [0.4, 0.5) is 11.5 Å². The number of aromatic nitrogens is 2. The number of carbonyl (C=O) groups is 1. The third-order valence-corrected chi connectivity index (χ3v) is 5.89. The van der Waals surface area contributed by atoms with Gasteiger partial charge in [-0.2, -0.15) is 0 Å². The lowest BCUT2D eigenvalue weighted by Gasteiger charge is -2.12. The third kappa shape index (κ3) is 4.64. The molecule has 2 heterocycles. The van der Waals surface area contributed by atoms with E-state index in [2.05, 4.69) is 20.6 Å². The first-order valence-corrected chi connectivity index (χ1v) is 10.0. The Bertz CT molecular complexity index is 931. The molecular formula is C17H20N4O5S. The van der Waals surface area contributed by atoms with Crippen LogP contribution in [0.5, 0.6) is 11.5 Å². The second kappa shape index (κ2) is 7.78. The van der Waals surface area contributed by atoms with Crippen LogP contribution in [0.2, 0.25) is 0 Å². The van der Waals surface area contributed by atoms with Crippen LogP contribution in [-0.4, -0.2) is 56.1 Å². The molecule has 2 aromatic rings. The Balaban J connectivity index is 1.66. The highest BCUT2D eigenvalue weighted by Crippen LogP contribution is 2.30. The summed E-state index contributed by atoms with van der Waals surface area (Å²) in [5, 5.41) is 5.74. The predicted octanol–water partition coefficient (Wildman–Crippen LogP) is 1.15. The molecule has 1 aliphatic heterocycles. The van der Waals surface area contributed by atoms with Gasteiger partial charge in [0.1, 0.15) is 23.0 Å². The molecule has 1 fully saturated rings. The first-order valence-electron chi connectivity index (χ1n) is 8.22. The Morgan fingerprint density at radius 3 is 2.59 bits per heavy atom. The van der Waals surface area contributed by atoms with Gasteiger partial charge in [-0.1, -0.05) is 0 Å².